The van der Waals surface area contributed by atoms with Crippen molar-refractivity contribution in [3.8, 4) is 11.5 Å². The zero-order valence-electron chi connectivity index (χ0n) is 13.1. The molecule has 1 fully saturated rings. The Morgan fingerprint density at radius 2 is 2.12 bits per heavy atom. The molecule has 1 atom stereocenters. The summed E-state index contributed by atoms with van der Waals surface area (Å²) < 4.78 is 1.68. The van der Waals surface area contributed by atoms with Crippen LogP contribution >= 0.6 is 23.1 Å². The van der Waals surface area contributed by atoms with Crippen molar-refractivity contribution in [2.45, 2.75) is 30.0 Å². The zero-order chi connectivity index (χ0) is 16.5. The van der Waals surface area contributed by atoms with Crippen LogP contribution in [-0.4, -0.2) is 53.9 Å². The van der Waals surface area contributed by atoms with Gasteiger partial charge in [0.2, 0.25) is 11.7 Å². The van der Waals surface area contributed by atoms with E-state index in [-0.39, 0.29) is 11.2 Å². The predicted molar refractivity (Wildman–Crippen MR) is 93.0 cm³/mol. The number of amides is 1. The highest BCUT2D eigenvalue weighted by atomic mass is 32.2. The van der Waals surface area contributed by atoms with Crippen LogP contribution in [0.1, 0.15) is 19.8 Å². The molecule has 3 aromatic rings. The van der Waals surface area contributed by atoms with Gasteiger partial charge in [-0.1, -0.05) is 11.8 Å². The third-order valence-electron chi connectivity index (χ3n) is 3.96. The molecule has 1 unspecified atom stereocenters. The summed E-state index contributed by atoms with van der Waals surface area (Å²) in [5.41, 5.74) is 3.18. The molecular weight excluding hydrogens is 344 g/mol. The van der Waals surface area contributed by atoms with Crippen LogP contribution in [-0.2, 0) is 4.79 Å². The fraction of sp³-hybridized carbons (Fsp3) is 0.400. The van der Waals surface area contributed by atoms with Gasteiger partial charge in [-0.15, -0.1) is 21.5 Å². The molecule has 1 amide bonds. The molecule has 9 heteroatoms. The second kappa shape index (κ2) is 6.48. The molecule has 0 saturated carbocycles. The Hall–Kier alpha value is -2.00. The van der Waals surface area contributed by atoms with E-state index in [4.69, 9.17) is 0 Å². The maximum absolute atomic E-state index is 12.5. The summed E-state index contributed by atoms with van der Waals surface area (Å²) in [7, 11) is 0. The molecule has 0 N–H and O–H groups in total. The SMILES string of the molecule is CC(Sc1ccc2nnc(-c3cscn3)n2n1)C(=O)N1CCCC1. The lowest BCUT2D eigenvalue weighted by Gasteiger charge is -2.19. The smallest absolute Gasteiger partial charge is 0.235 e. The minimum absolute atomic E-state index is 0.160. The van der Waals surface area contributed by atoms with Crippen LogP contribution in [0.15, 0.2) is 28.0 Å². The number of carbonyl (C=O) groups excluding carboxylic acids is 1. The van der Waals surface area contributed by atoms with Gasteiger partial charge in [0.15, 0.2) is 5.65 Å². The third-order valence-corrected chi connectivity index (χ3v) is 5.56. The second-order valence-electron chi connectivity index (χ2n) is 5.63. The van der Waals surface area contributed by atoms with Crippen molar-refractivity contribution in [2.24, 2.45) is 0 Å². The van der Waals surface area contributed by atoms with Crippen LogP contribution in [0.5, 0.6) is 0 Å². The monoisotopic (exact) mass is 360 g/mol. The van der Waals surface area contributed by atoms with Gasteiger partial charge in [-0.3, -0.25) is 4.79 Å². The van der Waals surface area contributed by atoms with Crippen molar-refractivity contribution in [1.82, 2.24) is 29.7 Å². The Labute approximate surface area is 147 Å². The van der Waals surface area contributed by atoms with E-state index >= 15 is 0 Å². The fourth-order valence-corrected chi connectivity index (χ4v) is 4.16. The maximum Gasteiger partial charge on any atom is 0.235 e. The van der Waals surface area contributed by atoms with Gasteiger partial charge in [0.1, 0.15) is 10.7 Å². The lowest BCUT2D eigenvalue weighted by atomic mass is 10.4. The molecule has 0 aromatic carbocycles. The first-order chi connectivity index (χ1) is 11.7. The number of rotatable bonds is 4. The number of nitrogens with zero attached hydrogens (tertiary/aromatic N) is 6. The molecule has 0 spiro atoms. The van der Waals surface area contributed by atoms with Crippen molar-refractivity contribution in [1.29, 1.82) is 0 Å². The van der Waals surface area contributed by atoms with E-state index in [0.717, 1.165) is 36.7 Å². The van der Waals surface area contributed by atoms with Crippen LogP contribution in [0.4, 0.5) is 0 Å². The molecule has 1 aliphatic heterocycles. The van der Waals surface area contributed by atoms with Gasteiger partial charge in [-0.05, 0) is 31.9 Å². The standard InChI is InChI=1S/C15H16N6OS2/c1-10(15(22)20-6-2-3-7-20)24-13-5-4-12-17-18-14(21(12)19-13)11-8-23-9-16-11/h4-5,8-10H,2-3,6-7H2,1H3. The van der Waals surface area contributed by atoms with E-state index in [1.807, 2.05) is 29.3 Å². The lowest BCUT2D eigenvalue weighted by Crippen LogP contribution is -2.34. The first kappa shape index (κ1) is 15.5. The Morgan fingerprint density at radius 3 is 2.88 bits per heavy atom. The highest BCUT2D eigenvalue weighted by Crippen LogP contribution is 2.25. The summed E-state index contributed by atoms with van der Waals surface area (Å²) >= 11 is 2.97. The fourth-order valence-electron chi connectivity index (χ4n) is 2.74. The number of hydrogen-bond donors (Lipinski definition) is 0. The van der Waals surface area contributed by atoms with Gasteiger partial charge in [0.05, 0.1) is 10.8 Å². The molecule has 0 radical (unpaired) electrons. The van der Waals surface area contributed by atoms with Crippen LogP contribution in [0, 0.1) is 0 Å². The van der Waals surface area contributed by atoms with Crippen molar-refractivity contribution in [3.05, 3.63) is 23.0 Å². The largest absolute Gasteiger partial charge is 0.342 e. The maximum atomic E-state index is 12.5. The quantitative estimate of drug-likeness (QED) is 0.665. The number of carbonyl (C=O) groups is 1. The molecule has 24 heavy (non-hydrogen) atoms. The molecule has 0 aliphatic carbocycles. The highest BCUT2D eigenvalue weighted by Gasteiger charge is 2.24. The van der Waals surface area contributed by atoms with Gasteiger partial charge in [-0.2, -0.15) is 9.61 Å². The van der Waals surface area contributed by atoms with Gasteiger partial charge in [0, 0.05) is 18.5 Å². The Balaban J connectivity index is 1.58. The second-order valence-corrected chi connectivity index (χ2v) is 7.71. The summed E-state index contributed by atoms with van der Waals surface area (Å²) in [5, 5.41) is 15.4. The molecule has 3 aromatic heterocycles. The van der Waals surface area contributed by atoms with Gasteiger partial charge in [-0.25, -0.2) is 4.98 Å². The molecule has 4 rings (SSSR count). The highest BCUT2D eigenvalue weighted by molar-refractivity contribution is 8.00. The average Bonchev–Trinajstić information content (AvgIpc) is 3.33. The van der Waals surface area contributed by atoms with Gasteiger partial charge >= 0.3 is 0 Å². The number of thioether (sulfide) groups is 1. The molecule has 1 aliphatic rings. The predicted octanol–water partition coefficient (Wildman–Crippen LogP) is 2.35. The Kier molecular flexibility index (Phi) is 4.19. The number of hydrogen-bond acceptors (Lipinski definition) is 7. The van der Waals surface area contributed by atoms with E-state index in [9.17, 15) is 4.79 Å². The van der Waals surface area contributed by atoms with E-state index in [2.05, 4.69) is 20.3 Å². The minimum atomic E-state index is -0.160. The first-order valence-electron chi connectivity index (χ1n) is 7.79. The van der Waals surface area contributed by atoms with E-state index in [1.165, 1.54) is 23.1 Å². The molecule has 0 bridgehead atoms. The molecule has 4 heterocycles. The minimum Gasteiger partial charge on any atom is -0.342 e. The van der Waals surface area contributed by atoms with E-state index in [1.54, 1.807) is 10.0 Å². The Bertz CT molecular complexity index is 856. The molecule has 7 nitrogen and oxygen atoms in total. The van der Waals surface area contributed by atoms with Crippen LogP contribution in [0.25, 0.3) is 17.2 Å². The normalized spacial score (nSPS) is 16.0. The van der Waals surface area contributed by atoms with Crippen LogP contribution in [0.3, 0.4) is 0 Å². The van der Waals surface area contributed by atoms with Crippen LogP contribution in [0.2, 0.25) is 0 Å². The van der Waals surface area contributed by atoms with Crippen molar-refractivity contribution >= 4 is 34.7 Å². The lowest BCUT2D eigenvalue weighted by molar-refractivity contribution is -0.129. The van der Waals surface area contributed by atoms with Gasteiger partial charge in [0.25, 0.3) is 0 Å². The summed E-state index contributed by atoms with van der Waals surface area (Å²) in [5.74, 6) is 0.801. The summed E-state index contributed by atoms with van der Waals surface area (Å²) in [6.45, 7) is 3.68. The number of thiazole rings is 1. The van der Waals surface area contributed by atoms with Crippen molar-refractivity contribution in [2.75, 3.05) is 13.1 Å². The molecular formula is C15H16N6OS2. The summed E-state index contributed by atoms with van der Waals surface area (Å²) in [6.07, 6.45) is 2.20. The van der Waals surface area contributed by atoms with Crippen LogP contribution < -0.4 is 0 Å². The molecule has 1 saturated heterocycles. The molecule has 124 valence electrons. The first-order valence-corrected chi connectivity index (χ1v) is 9.61. The van der Waals surface area contributed by atoms with Gasteiger partial charge < -0.3 is 4.90 Å². The van der Waals surface area contributed by atoms with Crippen molar-refractivity contribution < 1.29 is 4.79 Å². The summed E-state index contributed by atoms with van der Waals surface area (Å²) in [6, 6.07) is 3.75. The zero-order valence-corrected chi connectivity index (χ0v) is 14.8. The third kappa shape index (κ3) is 2.89. The average molecular weight is 360 g/mol. The van der Waals surface area contributed by atoms with Crippen molar-refractivity contribution in [3.63, 3.8) is 0 Å². The summed E-state index contributed by atoms with van der Waals surface area (Å²) in [4.78, 5) is 18.7. The van der Waals surface area contributed by atoms with E-state index < -0.39 is 0 Å². The number of likely N-dealkylation sites (tertiary alicyclic amines) is 1. The number of fused-ring (bicyclic) bond motifs is 1. The van der Waals surface area contributed by atoms with E-state index in [0.29, 0.717) is 11.5 Å². The number of aromatic nitrogens is 5. The topological polar surface area (TPSA) is 76.3 Å². The Morgan fingerprint density at radius 1 is 1.29 bits per heavy atom.